The molecule has 3 atom stereocenters. The number of nitrogens with two attached hydrogens (primary N) is 1. The van der Waals surface area contributed by atoms with Gasteiger partial charge < -0.3 is 36.4 Å². The van der Waals surface area contributed by atoms with Crippen LogP contribution in [0.25, 0.3) is 0 Å². The number of nitrogen functional groups attached to an aromatic ring is 1. The highest BCUT2D eigenvalue weighted by Gasteiger charge is 2.56. The van der Waals surface area contributed by atoms with Crippen LogP contribution in [0.4, 0.5) is 5.13 Å². The number of carbonyl (C=O) groups is 5. The number of thiazole rings is 1. The highest BCUT2D eigenvalue weighted by Crippen LogP contribution is 2.47. The number of oxime groups is 1. The van der Waals surface area contributed by atoms with Crippen LogP contribution in [0.5, 0.6) is 0 Å². The van der Waals surface area contributed by atoms with E-state index in [4.69, 9.17) is 15.3 Å². The van der Waals surface area contributed by atoms with E-state index >= 15 is 0 Å². The number of aromatic nitrogens is 1. The summed E-state index contributed by atoms with van der Waals surface area (Å²) in [5.74, 6) is -5.15. The lowest BCUT2D eigenvalue weighted by atomic mass is 9.75. The number of anilines is 1. The van der Waals surface area contributed by atoms with Crippen molar-refractivity contribution < 1.29 is 38.7 Å². The number of piperidine rings is 1. The first kappa shape index (κ1) is 43.1. The topological polar surface area (TPSA) is 215 Å². The molecule has 4 aliphatic rings. The number of nitrogens with one attached hydrogen (secondary N) is 3. The molecule has 15 nitrogen and oxygen atoms in total. The molecule has 8 rings (SSSR count). The maximum atomic E-state index is 14.5. The number of rotatable bonds is 15. The number of benzene rings is 3. The van der Waals surface area contributed by atoms with E-state index in [1.807, 2.05) is 91.0 Å². The summed E-state index contributed by atoms with van der Waals surface area (Å²) in [5.41, 5.74) is 7.11. The number of ether oxygens (including phenoxy) is 1. The minimum atomic E-state index is -1.42. The molecule has 0 radical (unpaired) electrons. The monoisotopic (exact) mass is 887 g/mol. The Labute approximate surface area is 371 Å². The smallest absolute Gasteiger partial charge is 0.352 e. The number of amides is 3. The van der Waals surface area contributed by atoms with Gasteiger partial charge in [-0.3, -0.25) is 24.1 Å². The SMILES string of the molecule is C=CCOC(=O)C(C(=C1CCNC1=O)C1=C(C(=O)O)N2C(=O)[C@@H](NC(=O)C(=NOC(c3ccccc3)(c3ccccc3)c3ccccc3)c3csc(N)n3)[C@H]2SC1)C1CCNCC1. The third kappa shape index (κ3) is 8.38. The van der Waals surface area contributed by atoms with E-state index in [1.54, 1.807) is 5.38 Å². The van der Waals surface area contributed by atoms with Crippen molar-refractivity contribution in [3.05, 3.63) is 154 Å². The Bertz CT molecular complexity index is 2410. The zero-order chi connectivity index (χ0) is 44.1. The van der Waals surface area contributed by atoms with E-state index in [1.165, 1.54) is 17.8 Å². The first-order chi connectivity index (χ1) is 30.6. The van der Waals surface area contributed by atoms with Gasteiger partial charge in [-0.2, -0.15) is 0 Å². The fraction of sp³-hybridized carbons (Fsp3) is 0.283. The molecule has 0 spiro atoms. The molecule has 3 aromatic carbocycles. The first-order valence-electron chi connectivity index (χ1n) is 20.5. The summed E-state index contributed by atoms with van der Waals surface area (Å²) in [6.07, 6.45) is 2.86. The highest BCUT2D eigenvalue weighted by atomic mass is 32.2. The van der Waals surface area contributed by atoms with Crippen LogP contribution in [-0.4, -0.2) is 93.8 Å². The summed E-state index contributed by atoms with van der Waals surface area (Å²) in [7, 11) is 0. The summed E-state index contributed by atoms with van der Waals surface area (Å²) in [6.45, 7) is 5.14. The fourth-order valence-corrected chi connectivity index (χ4v) is 10.6. The number of hydrogen-bond acceptors (Lipinski definition) is 13. The Hall–Kier alpha value is -6.56. The predicted molar refractivity (Wildman–Crippen MR) is 238 cm³/mol. The maximum Gasteiger partial charge on any atom is 0.352 e. The molecule has 3 saturated heterocycles. The zero-order valence-corrected chi connectivity index (χ0v) is 35.7. The molecule has 5 heterocycles. The van der Waals surface area contributed by atoms with Gasteiger partial charge >= 0.3 is 11.9 Å². The van der Waals surface area contributed by atoms with Crippen LogP contribution in [0.15, 0.2) is 137 Å². The summed E-state index contributed by atoms with van der Waals surface area (Å²) < 4.78 is 5.61. The van der Waals surface area contributed by atoms with Crippen molar-refractivity contribution in [1.29, 1.82) is 0 Å². The third-order valence-electron chi connectivity index (χ3n) is 11.6. The number of thioether (sulfide) groups is 1. The highest BCUT2D eigenvalue weighted by molar-refractivity contribution is 8.00. The zero-order valence-electron chi connectivity index (χ0n) is 34.0. The van der Waals surface area contributed by atoms with Crippen LogP contribution < -0.4 is 21.7 Å². The van der Waals surface area contributed by atoms with E-state index in [-0.39, 0.29) is 58.1 Å². The van der Waals surface area contributed by atoms with Gasteiger partial charge in [0.25, 0.3) is 11.8 Å². The molecule has 4 aliphatic heterocycles. The quantitative estimate of drug-likeness (QED) is 0.0215. The van der Waals surface area contributed by atoms with E-state index in [2.05, 4.69) is 32.7 Å². The van der Waals surface area contributed by atoms with Gasteiger partial charge in [0.2, 0.25) is 11.5 Å². The minimum Gasteiger partial charge on any atom is -0.477 e. The molecule has 1 unspecified atom stereocenters. The van der Waals surface area contributed by atoms with Crippen LogP contribution in [0, 0.1) is 11.8 Å². The van der Waals surface area contributed by atoms with Gasteiger partial charge in [-0.15, -0.1) is 23.1 Å². The molecule has 6 N–H and O–H groups in total. The molecule has 1 aromatic heterocycles. The average Bonchev–Trinajstić information content (AvgIpc) is 3.95. The molecule has 63 heavy (non-hydrogen) atoms. The van der Waals surface area contributed by atoms with Crippen LogP contribution >= 0.6 is 23.1 Å². The Balaban J connectivity index is 1.15. The van der Waals surface area contributed by atoms with Crippen molar-refractivity contribution in [2.45, 2.75) is 36.3 Å². The lowest BCUT2D eigenvalue weighted by molar-refractivity contribution is -0.150. The molecule has 0 bridgehead atoms. The molecule has 3 amide bonds. The summed E-state index contributed by atoms with van der Waals surface area (Å²) >= 11 is 2.31. The van der Waals surface area contributed by atoms with E-state index < -0.39 is 52.6 Å². The largest absolute Gasteiger partial charge is 0.477 e. The number of β-lactam (4-membered cyclic amide) rings is 1. The first-order valence-corrected chi connectivity index (χ1v) is 22.4. The Morgan fingerprint density at radius 3 is 2.13 bits per heavy atom. The van der Waals surface area contributed by atoms with Crippen molar-refractivity contribution in [3.8, 4) is 0 Å². The van der Waals surface area contributed by atoms with Crippen molar-refractivity contribution >= 4 is 63.6 Å². The Kier molecular flexibility index (Phi) is 12.9. The van der Waals surface area contributed by atoms with Gasteiger partial charge in [0.1, 0.15) is 29.4 Å². The van der Waals surface area contributed by atoms with E-state index in [0.717, 1.165) is 32.9 Å². The summed E-state index contributed by atoms with van der Waals surface area (Å²) in [6, 6.07) is 27.1. The molecule has 4 aromatic rings. The normalized spacial score (nSPS) is 20.5. The molecule has 0 aliphatic carbocycles. The fourth-order valence-electron chi connectivity index (χ4n) is 8.72. The van der Waals surface area contributed by atoms with Gasteiger partial charge in [-0.05, 0) is 49.4 Å². The van der Waals surface area contributed by atoms with Crippen molar-refractivity contribution in [3.63, 3.8) is 0 Å². The number of fused-ring (bicyclic) bond motifs is 1. The van der Waals surface area contributed by atoms with Gasteiger partial charge in [0.05, 0.1) is 5.92 Å². The van der Waals surface area contributed by atoms with Gasteiger partial charge in [-0.1, -0.05) is 109 Å². The average molecular weight is 888 g/mol. The molecule has 3 fully saturated rings. The second-order valence-corrected chi connectivity index (χ2v) is 17.3. The van der Waals surface area contributed by atoms with Gasteiger partial charge in [-0.25, -0.2) is 9.78 Å². The lowest BCUT2D eigenvalue weighted by Gasteiger charge is -2.50. The Morgan fingerprint density at radius 1 is 0.984 bits per heavy atom. The number of carboxylic acids is 1. The second-order valence-electron chi connectivity index (χ2n) is 15.3. The van der Waals surface area contributed by atoms with E-state index in [0.29, 0.717) is 38.0 Å². The summed E-state index contributed by atoms with van der Waals surface area (Å²) in [5, 5.41) is 25.1. The molecule has 0 saturated carbocycles. The number of aliphatic carboxylic acids is 1. The number of esters is 1. The summed E-state index contributed by atoms with van der Waals surface area (Å²) in [4.78, 5) is 81.6. The van der Waals surface area contributed by atoms with Crippen LogP contribution in [0.1, 0.15) is 41.6 Å². The number of carboxylic acid groups (broad SMARTS) is 1. The molecule has 17 heteroatoms. The van der Waals surface area contributed by atoms with Crippen LogP contribution in [0.3, 0.4) is 0 Å². The van der Waals surface area contributed by atoms with Crippen molar-refractivity contribution in [1.82, 2.24) is 25.8 Å². The number of carbonyl (C=O) groups excluding carboxylic acids is 4. The number of nitrogens with zero attached hydrogens (tertiary/aromatic N) is 3. The van der Waals surface area contributed by atoms with Crippen LogP contribution in [0.2, 0.25) is 0 Å². The standard InChI is InChI=1S/C46H45N7O8S2/c1-2-24-60-44(59)34(27-18-21-48-22-19-27)35(31-20-23-49-39(31)54)32-25-62-42-37(41(56)53(42)38(32)43(57)58)51-40(55)36(33-26-63-45(47)50-33)52-61-46(28-12-6-3-7-13-28,29-14-8-4-9-15-29)30-16-10-5-11-17-30/h2-17,26-27,34,37,42,48H,1,18-25H2,(H2,47,50)(H,49,54)(H,51,55)(H,57,58)/t34?,37-,42-/m1/s1. The Morgan fingerprint density at radius 2 is 1.60 bits per heavy atom. The van der Waals surface area contributed by atoms with Gasteiger partial charge in [0.15, 0.2) is 10.8 Å². The molecular formula is C46H45N7O8S2. The maximum absolute atomic E-state index is 14.5. The third-order valence-corrected chi connectivity index (χ3v) is 13.6. The molecule has 324 valence electrons. The molecular weight excluding hydrogens is 843 g/mol. The van der Waals surface area contributed by atoms with E-state index in [9.17, 15) is 29.1 Å². The minimum absolute atomic E-state index is 0.0190. The van der Waals surface area contributed by atoms with Crippen LogP contribution in [-0.2, 0) is 39.1 Å². The van der Waals surface area contributed by atoms with Crippen molar-refractivity contribution in [2.75, 3.05) is 37.7 Å². The van der Waals surface area contributed by atoms with Gasteiger partial charge in [0, 0.05) is 39.9 Å². The number of hydrogen-bond donors (Lipinski definition) is 5. The van der Waals surface area contributed by atoms with Crippen molar-refractivity contribution in [2.24, 2.45) is 17.0 Å². The lowest BCUT2D eigenvalue weighted by Crippen LogP contribution is -2.71. The predicted octanol–water partition coefficient (Wildman–Crippen LogP) is 4.34. The second kappa shape index (κ2) is 18.8.